The van der Waals surface area contributed by atoms with E-state index in [1.165, 1.54) is 0 Å². The Kier molecular flexibility index (Phi) is 3.47. The van der Waals surface area contributed by atoms with Crippen LogP contribution in [0.15, 0.2) is 48.5 Å². The number of benzene rings is 2. The Hall–Kier alpha value is -1.47. The number of rotatable bonds is 3. The van der Waals surface area contributed by atoms with Crippen LogP contribution in [0.4, 0.5) is 0 Å². The fourth-order valence-corrected chi connectivity index (χ4v) is 1.94. The molecular formula is C14H13ClO. The molecule has 0 aliphatic rings. The number of alkyl halides is 1. The maximum Gasteiger partial charge on any atom is 0.119 e. The van der Waals surface area contributed by atoms with Gasteiger partial charge in [-0.05, 0) is 28.8 Å². The highest BCUT2D eigenvalue weighted by molar-refractivity contribution is 6.17. The predicted molar refractivity (Wildman–Crippen MR) is 68.0 cm³/mol. The van der Waals surface area contributed by atoms with Crippen LogP contribution in [0.2, 0.25) is 0 Å². The summed E-state index contributed by atoms with van der Waals surface area (Å²) in [7, 11) is 1.67. The molecule has 2 aromatic rings. The van der Waals surface area contributed by atoms with Crippen molar-refractivity contribution < 1.29 is 4.74 Å². The molecule has 0 saturated carbocycles. The first kappa shape index (κ1) is 11.0. The van der Waals surface area contributed by atoms with E-state index >= 15 is 0 Å². The van der Waals surface area contributed by atoms with Gasteiger partial charge in [0.25, 0.3) is 0 Å². The normalized spacial score (nSPS) is 10.1. The fraction of sp³-hybridized carbons (Fsp3) is 0.143. The van der Waals surface area contributed by atoms with Crippen LogP contribution >= 0.6 is 11.6 Å². The maximum absolute atomic E-state index is 5.92. The van der Waals surface area contributed by atoms with Crippen LogP contribution in [0.5, 0.6) is 5.75 Å². The van der Waals surface area contributed by atoms with E-state index < -0.39 is 0 Å². The number of hydrogen-bond donors (Lipinski definition) is 0. The van der Waals surface area contributed by atoms with E-state index in [9.17, 15) is 0 Å². The lowest BCUT2D eigenvalue weighted by molar-refractivity contribution is 0.415. The van der Waals surface area contributed by atoms with Crippen molar-refractivity contribution >= 4 is 11.6 Å². The van der Waals surface area contributed by atoms with Gasteiger partial charge in [-0.25, -0.2) is 0 Å². The van der Waals surface area contributed by atoms with Gasteiger partial charge in [0, 0.05) is 5.88 Å². The molecule has 0 unspecified atom stereocenters. The Balaban J connectivity index is 2.49. The zero-order chi connectivity index (χ0) is 11.4. The van der Waals surface area contributed by atoms with Gasteiger partial charge in [0.05, 0.1) is 7.11 Å². The largest absolute Gasteiger partial charge is 0.497 e. The van der Waals surface area contributed by atoms with Gasteiger partial charge in [-0.1, -0.05) is 36.4 Å². The quantitative estimate of drug-likeness (QED) is 0.724. The van der Waals surface area contributed by atoms with Crippen molar-refractivity contribution in [3.63, 3.8) is 0 Å². The Bertz CT molecular complexity index is 480. The number of hydrogen-bond acceptors (Lipinski definition) is 1. The lowest BCUT2D eigenvalue weighted by atomic mass is 10.0. The van der Waals surface area contributed by atoms with Crippen molar-refractivity contribution in [2.45, 2.75) is 5.88 Å². The SMILES string of the molecule is COc1cccc(-c2ccccc2CCl)c1. The number of halogens is 1. The molecule has 0 N–H and O–H groups in total. The van der Waals surface area contributed by atoms with Gasteiger partial charge < -0.3 is 4.74 Å². The first-order valence-corrected chi connectivity index (χ1v) is 5.67. The molecule has 0 aliphatic heterocycles. The molecule has 0 aromatic heterocycles. The molecule has 0 spiro atoms. The van der Waals surface area contributed by atoms with Crippen LogP contribution in [0.1, 0.15) is 5.56 Å². The number of methoxy groups -OCH3 is 1. The second kappa shape index (κ2) is 5.04. The zero-order valence-electron chi connectivity index (χ0n) is 9.11. The van der Waals surface area contributed by atoms with Gasteiger partial charge in [0.2, 0.25) is 0 Å². The molecule has 0 bridgehead atoms. The second-order valence-corrected chi connectivity index (χ2v) is 3.79. The summed E-state index contributed by atoms with van der Waals surface area (Å²) in [6.07, 6.45) is 0. The fourth-order valence-electron chi connectivity index (χ4n) is 1.71. The lowest BCUT2D eigenvalue weighted by Gasteiger charge is -2.08. The van der Waals surface area contributed by atoms with Gasteiger partial charge in [0.15, 0.2) is 0 Å². The molecule has 2 heteroatoms. The van der Waals surface area contributed by atoms with Gasteiger partial charge in [-0.2, -0.15) is 0 Å². The summed E-state index contributed by atoms with van der Waals surface area (Å²) in [6, 6.07) is 16.1. The average molecular weight is 233 g/mol. The average Bonchev–Trinajstić information content (AvgIpc) is 2.38. The third-order valence-corrected chi connectivity index (χ3v) is 2.83. The molecule has 0 aliphatic carbocycles. The summed E-state index contributed by atoms with van der Waals surface area (Å²) in [5.74, 6) is 1.38. The third-order valence-electron chi connectivity index (χ3n) is 2.54. The van der Waals surface area contributed by atoms with Crippen LogP contribution in [0.3, 0.4) is 0 Å². The van der Waals surface area contributed by atoms with Crippen molar-refractivity contribution in [3.8, 4) is 16.9 Å². The van der Waals surface area contributed by atoms with E-state index in [1.807, 2.05) is 36.4 Å². The highest BCUT2D eigenvalue weighted by Crippen LogP contribution is 2.27. The van der Waals surface area contributed by atoms with E-state index in [-0.39, 0.29) is 0 Å². The molecular weight excluding hydrogens is 220 g/mol. The zero-order valence-corrected chi connectivity index (χ0v) is 9.87. The summed E-state index contributed by atoms with van der Waals surface area (Å²) in [5, 5.41) is 0. The lowest BCUT2D eigenvalue weighted by Crippen LogP contribution is -1.87. The third kappa shape index (κ3) is 2.20. The monoisotopic (exact) mass is 232 g/mol. The van der Waals surface area contributed by atoms with Crippen LogP contribution < -0.4 is 4.74 Å². The van der Waals surface area contributed by atoms with Gasteiger partial charge in [0.1, 0.15) is 5.75 Å². The Morgan fingerprint density at radius 2 is 1.88 bits per heavy atom. The van der Waals surface area contributed by atoms with Crippen molar-refractivity contribution in [1.82, 2.24) is 0 Å². The van der Waals surface area contributed by atoms with Crippen molar-refractivity contribution in [1.29, 1.82) is 0 Å². The van der Waals surface area contributed by atoms with Crippen molar-refractivity contribution in [2.75, 3.05) is 7.11 Å². The predicted octanol–water partition coefficient (Wildman–Crippen LogP) is 4.10. The van der Waals surface area contributed by atoms with E-state index in [0.717, 1.165) is 22.4 Å². The Morgan fingerprint density at radius 3 is 2.62 bits per heavy atom. The molecule has 2 aromatic carbocycles. The summed E-state index contributed by atoms with van der Waals surface area (Å²) in [4.78, 5) is 0. The minimum Gasteiger partial charge on any atom is -0.497 e. The molecule has 2 rings (SSSR count). The molecule has 1 nitrogen and oxygen atoms in total. The topological polar surface area (TPSA) is 9.23 Å². The van der Waals surface area contributed by atoms with E-state index in [4.69, 9.17) is 16.3 Å². The van der Waals surface area contributed by atoms with E-state index in [2.05, 4.69) is 12.1 Å². The highest BCUT2D eigenvalue weighted by Gasteiger charge is 2.04. The Labute approximate surface area is 101 Å². The number of ether oxygens (including phenoxy) is 1. The molecule has 16 heavy (non-hydrogen) atoms. The first-order chi connectivity index (χ1) is 7.85. The molecule has 0 fully saturated rings. The molecule has 0 atom stereocenters. The highest BCUT2D eigenvalue weighted by atomic mass is 35.5. The first-order valence-electron chi connectivity index (χ1n) is 5.13. The smallest absolute Gasteiger partial charge is 0.119 e. The van der Waals surface area contributed by atoms with Gasteiger partial charge in [-0.15, -0.1) is 11.6 Å². The van der Waals surface area contributed by atoms with Crippen molar-refractivity contribution in [3.05, 3.63) is 54.1 Å². The van der Waals surface area contributed by atoms with Crippen LogP contribution in [0.25, 0.3) is 11.1 Å². The molecule has 0 radical (unpaired) electrons. The summed E-state index contributed by atoms with van der Waals surface area (Å²) < 4.78 is 5.22. The Morgan fingerprint density at radius 1 is 1.06 bits per heavy atom. The molecule has 82 valence electrons. The van der Waals surface area contributed by atoms with Crippen LogP contribution in [-0.2, 0) is 5.88 Å². The van der Waals surface area contributed by atoms with Gasteiger partial charge in [-0.3, -0.25) is 0 Å². The molecule has 0 heterocycles. The standard InChI is InChI=1S/C14H13ClO/c1-16-13-7-4-6-11(9-13)14-8-3-2-5-12(14)10-15/h2-9H,10H2,1H3. The van der Waals surface area contributed by atoms with Crippen LogP contribution in [0, 0.1) is 0 Å². The summed E-state index contributed by atoms with van der Waals surface area (Å²) in [5.41, 5.74) is 3.43. The minimum atomic E-state index is 0.521. The van der Waals surface area contributed by atoms with E-state index in [1.54, 1.807) is 7.11 Å². The molecule has 0 amide bonds. The second-order valence-electron chi connectivity index (χ2n) is 3.52. The minimum absolute atomic E-state index is 0.521. The van der Waals surface area contributed by atoms with Crippen LogP contribution in [-0.4, -0.2) is 7.11 Å². The summed E-state index contributed by atoms with van der Waals surface area (Å²) >= 11 is 5.92. The maximum atomic E-state index is 5.92. The van der Waals surface area contributed by atoms with E-state index in [0.29, 0.717) is 5.88 Å². The van der Waals surface area contributed by atoms with Crippen molar-refractivity contribution in [2.24, 2.45) is 0 Å². The van der Waals surface area contributed by atoms with Gasteiger partial charge >= 0.3 is 0 Å². The summed E-state index contributed by atoms with van der Waals surface area (Å²) in [6.45, 7) is 0. The molecule has 0 saturated heterocycles.